The van der Waals surface area contributed by atoms with Crippen molar-refractivity contribution in [2.75, 3.05) is 0 Å². The average Bonchev–Trinajstić information content (AvgIpc) is 2.10. The van der Waals surface area contributed by atoms with Crippen LogP contribution >= 0.6 is 0 Å². The van der Waals surface area contributed by atoms with Crippen molar-refractivity contribution in [2.24, 2.45) is 0 Å². The van der Waals surface area contributed by atoms with Crippen molar-refractivity contribution >= 4 is 5.97 Å². The predicted molar refractivity (Wildman–Crippen MR) is 47.5 cm³/mol. The van der Waals surface area contributed by atoms with E-state index in [1.807, 2.05) is 0 Å². The standard InChI is InChI=1S/C10H8F4O2/c1-5-2-7(10(12,13)14)3-6(9(5)11)4-8(15)16/h2-3H,4H2,1H3,(H,15,16). The SMILES string of the molecule is Cc1cc(C(F)(F)F)cc(CC(=O)O)c1F. The van der Waals surface area contributed by atoms with E-state index in [4.69, 9.17) is 5.11 Å². The second-order valence-corrected chi connectivity index (χ2v) is 3.33. The highest BCUT2D eigenvalue weighted by Crippen LogP contribution is 2.31. The monoisotopic (exact) mass is 236 g/mol. The van der Waals surface area contributed by atoms with Crippen LogP contribution in [0.15, 0.2) is 12.1 Å². The summed E-state index contributed by atoms with van der Waals surface area (Å²) < 4.78 is 50.3. The van der Waals surface area contributed by atoms with E-state index in [-0.39, 0.29) is 5.56 Å². The van der Waals surface area contributed by atoms with E-state index in [1.165, 1.54) is 0 Å². The maximum atomic E-state index is 13.3. The van der Waals surface area contributed by atoms with Crippen LogP contribution in [0, 0.1) is 12.7 Å². The Morgan fingerprint density at radius 1 is 1.38 bits per heavy atom. The maximum absolute atomic E-state index is 13.3. The molecule has 1 rings (SSSR count). The average molecular weight is 236 g/mol. The van der Waals surface area contributed by atoms with E-state index >= 15 is 0 Å². The fraction of sp³-hybridized carbons (Fsp3) is 0.300. The summed E-state index contributed by atoms with van der Waals surface area (Å²) in [6.45, 7) is 1.16. The third-order valence-electron chi connectivity index (χ3n) is 2.00. The molecule has 1 aromatic carbocycles. The van der Waals surface area contributed by atoms with Crippen LogP contribution < -0.4 is 0 Å². The summed E-state index contributed by atoms with van der Waals surface area (Å²) in [7, 11) is 0. The van der Waals surface area contributed by atoms with Crippen LogP contribution in [0.4, 0.5) is 17.6 Å². The Morgan fingerprint density at radius 2 is 1.94 bits per heavy atom. The summed E-state index contributed by atoms with van der Waals surface area (Å²) >= 11 is 0. The van der Waals surface area contributed by atoms with Gasteiger partial charge in [-0.15, -0.1) is 0 Å². The quantitative estimate of drug-likeness (QED) is 0.801. The zero-order chi connectivity index (χ0) is 12.5. The summed E-state index contributed by atoms with van der Waals surface area (Å²) in [6.07, 6.45) is -5.37. The predicted octanol–water partition coefficient (Wildman–Crippen LogP) is 2.78. The molecule has 0 amide bonds. The highest BCUT2D eigenvalue weighted by molar-refractivity contribution is 5.70. The Bertz CT molecular complexity index is 424. The summed E-state index contributed by atoms with van der Waals surface area (Å²) in [6, 6.07) is 1.18. The molecule has 0 aliphatic heterocycles. The molecule has 0 aromatic heterocycles. The molecule has 2 nitrogen and oxygen atoms in total. The fourth-order valence-electron chi connectivity index (χ4n) is 1.30. The lowest BCUT2D eigenvalue weighted by Crippen LogP contribution is -2.10. The number of alkyl halides is 3. The molecule has 0 unspecified atom stereocenters. The highest BCUT2D eigenvalue weighted by Gasteiger charge is 2.32. The Labute approximate surface area is 88.5 Å². The van der Waals surface area contributed by atoms with Crippen LogP contribution in [0.2, 0.25) is 0 Å². The smallest absolute Gasteiger partial charge is 0.416 e. The first-order chi connectivity index (χ1) is 7.21. The number of rotatable bonds is 2. The first-order valence-electron chi connectivity index (χ1n) is 4.30. The Morgan fingerprint density at radius 3 is 2.38 bits per heavy atom. The van der Waals surface area contributed by atoms with Gasteiger partial charge in [0, 0.05) is 0 Å². The second-order valence-electron chi connectivity index (χ2n) is 3.33. The van der Waals surface area contributed by atoms with Gasteiger partial charge in [-0.1, -0.05) is 0 Å². The van der Waals surface area contributed by atoms with Crippen LogP contribution in [0.25, 0.3) is 0 Å². The van der Waals surface area contributed by atoms with E-state index in [0.29, 0.717) is 12.1 Å². The van der Waals surface area contributed by atoms with Crippen LogP contribution in [0.1, 0.15) is 16.7 Å². The van der Waals surface area contributed by atoms with Gasteiger partial charge < -0.3 is 5.11 Å². The van der Waals surface area contributed by atoms with Crippen molar-refractivity contribution in [2.45, 2.75) is 19.5 Å². The van der Waals surface area contributed by atoms with Gasteiger partial charge in [0.05, 0.1) is 12.0 Å². The zero-order valence-corrected chi connectivity index (χ0v) is 8.23. The number of carbonyl (C=O) groups is 1. The number of hydrogen-bond donors (Lipinski definition) is 1. The van der Waals surface area contributed by atoms with Gasteiger partial charge in [0.2, 0.25) is 0 Å². The fourth-order valence-corrected chi connectivity index (χ4v) is 1.30. The molecule has 0 radical (unpaired) electrons. The largest absolute Gasteiger partial charge is 0.481 e. The molecule has 0 fully saturated rings. The second kappa shape index (κ2) is 4.11. The van der Waals surface area contributed by atoms with E-state index in [2.05, 4.69) is 0 Å². The molecular formula is C10H8F4O2. The van der Waals surface area contributed by atoms with Gasteiger partial charge in [0.1, 0.15) is 5.82 Å². The minimum absolute atomic E-state index is 0.217. The molecule has 0 saturated carbocycles. The first kappa shape index (κ1) is 12.5. The Kier molecular flexibility index (Phi) is 3.21. The highest BCUT2D eigenvalue weighted by atomic mass is 19.4. The van der Waals surface area contributed by atoms with E-state index in [9.17, 15) is 22.4 Å². The topological polar surface area (TPSA) is 37.3 Å². The van der Waals surface area contributed by atoms with Crippen LogP contribution in [-0.4, -0.2) is 11.1 Å². The van der Waals surface area contributed by atoms with Gasteiger partial charge in [0.15, 0.2) is 0 Å². The molecule has 1 N–H and O–H groups in total. The molecule has 0 heterocycles. The number of aliphatic carboxylic acids is 1. The van der Waals surface area contributed by atoms with Crippen LogP contribution in [0.3, 0.4) is 0 Å². The molecule has 0 aliphatic carbocycles. The number of halogens is 4. The number of benzene rings is 1. The van der Waals surface area contributed by atoms with E-state index in [1.54, 1.807) is 0 Å². The molecular weight excluding hydrogens is 228 g/mol. The van der Waals surface area contributed by atoms with E-state index < -0.39 is 35.5 Å². The van der Waals surface area contributed by atoms with E-state index in [0.717, 1.165) is 6.92 Å². The Hall–Kier alpha value is -1.59. The molecule has 0 bridgehead atoms. The molecule has 0 atom stereocenters. The summed E-state index contributed by atoms with van der Waals surface area (Å²) in [5.41, 5.74) is -1.71. The van der Waals surface area contributed by atoms with Gasteiger partial charge in [0.25, 0.3) is 0 Å². The lowest BCUT2D eigenvalue weighted by Gasteiger charge is -2.11. The third-order valence-corrected chi connectivity index (χ3v) is 2.00. The first-order valence-corrected chi connectivity index (χ1v) is 4.30. The molecule has 6 heteroatoms. The molecule has 16 heavy (non-hydrogen) atoms. The summed E-state index contributed by atoms with van der Waals surface area (Å²) in [5.74, 6) is -2.28. The number of aryl methyl sites for hydroxylation is 1. The lowest BCUT2D eigenvalue weighted by atomic mass is 10.0. The molecule has 88 valence electrons. The normalized spacial score (nSPS) is 11.6. The van der Waals surface area contributed by atoms with Crippen LogP contribution in [-0.2, 0) is 17.4 Å². The number of carboxylic acid groups (broad SMARTS) is 1. The minimum Gasteiger partial charge on any atom is -0.481 e. The third kappa shape index (κ3) is 2.71. The van der Waals surface area contributed by atoms with Gasteiger partial charge >= 0.3 is 12.1 Å². The summed E-state index contributed by atoms with van der Waals surface area (Å²) in [5, 5.41) is 8.43. The van der Waals surface area contributed by atoms with Gasteiger partial charge in [-0.05, 0) is 30.2 Å². The van der Waals surface area contributed by atoms with Crippen molar-refractivity contribution in [3.05, 3.63) is 34.6 Å². The summed E-state index contributed by atoms with van der Waals surface area (Å²) in [4.78, 5) is 10.3. The lowest BCUT2D eigenvalue weighted by molar-refractivity contribution is -0.139. The van der Waals surface area contributed by atoms with Gasteiger partial charge in [-0.3, -0.25) is 4.79 Å². The van der Waals surface area contributed by atoms with Gasteiger partial charge in [-0.25, -0.2) is 4.39 Å². The van der Waals surface area contributed by atoms with Crippen molar-refractivity contribution in [3.8, 4) is 0 Å². The van der Waals surface area contributed by atoms with Crippen molar-refractivity contribution < 1.29 is 27.5 Å². The van der Waals surface area contributed by atoms with Crippen molar-refractivity contribution in [1.82, 2.24) is 0 Å². The van der Waals surface area contributed by atoms with Gasteiger partial charge in [-0.2, -0.15) is 13.2 Å². The van der Waals surface area contributed by atoms with Crippen molar-refractivity contribution in [1.29, 1.82) is 0 Å². The molecule has 0 saturated heterocycles. The minimum atomic E-state index is -4.61. The number of hydrogen-bond acceptors (Lipinski definition) is 1. The molecule has 0 spiro atoms. The number of carboxylic acids is 1. The maximum Gasteiger partial charge on any atom is 0.416 e. The van der Waals surface area contributed by atoms with Crippen molar-refractivity contribution in [3.63, 3.8) is 0 Å². The van der Waals surface area contributed by atoms with Crippen LogP contribution in [0.5, 0.6) is 0 Å². The zero-order valence-electron chi connectivity index (χ0n) is 8.23. The Balaban J connectivity index is 3.27. The molecule has 0 aliphatic rings. The molecule has 1 aromatic rings.